The number of methoxy groups -OCH3 is 1. The number of aliphatic hydroxyl groups excluding tert-OH is 5. The second-order valence-electron chi connectivity index (χ2n) is 16.7. The van der Waals surface area contributed by atoms with Crippen LogP contribution < -0.4 is 0 Å². The second-order valence-corrected chi connectivity index (χ2v) is 16.7. The van der Waals surface area contributed by atoms with Crippen LogP contribution in [0, 0.1) is 28.6 Å². The molecule has 0 aromatic carbocycles. The lowest BCUT2D eigenvalue weighted by atomic mass is 9.42. The predicted molar refractivity (Wildman–Crippen MR) is 172 cm³/mol. The van der Waals surface area contributed by atoms with Crippen LogP contribution in [0.15, 0.2) is 11.6 Å². The van der Waals surface area contributed by atoms with Crippen molar-refractivity contribution < 1.29 is 69.0 Å². The van der Waals surface area contributed by atoms with Crippen molar-refractivity contribution in [2.24, 2.45) is 28.6 Å². The summed E-state index contributed by atoms with van der Waals surface area (Å²) >= 11 is 0. The van der Waals surface area contributed by atoms with Gasteiger partial charge in [-0.25, -0.2) is 4.79 Å². The van der Waals surface area contributed by atoms with Crippen LogP contribution in [0.2, 0.25) is 0 Å². The lowest BCUT2D eigenvalue weighted by molar-refractivity contribution is -0.363. The summed E-state index contributed by atoms with van der Waals surface area (Å²) in [5.74, 6) is -0.0640. The summed E-state index contributed by atoms with van der Waals surface area (Å²) in [7, 11) is 1.40. The highest BCUT2D eigenvalue weighted by atomic mass is 16.7. The van der Waals surface area contributed by atoms with Crippen molar-refractivity contribution in [3.63, 3.8) is 0 Å². The van der Waals surface area contributed by atoms with Gasteiger partial charge in [0.2, 0.25) is 0 Å². The molecule has 3 aliphatic heterocycles. The number of hydrogen-bond acceptors (Lipinski definition) is 14. The second kappa shape index (κ2) is 13.2. The van der Waals surface area contributed by atoms with Crippen molar-refractivity contribution in [2.75, 3.05) is 20.3 Å². The molecule has 18 atom stereocenters. The van der Waals surface area contributed by atoms with E-state index in [4.69, 9.17) is 28.4 Å². The zero-order valence-corrected chi connectivity index (χ0v) is 29.4. The Kier molecular flexibility index (Phi) is 9.81. The molecule has 0 spiro atoms. The van der Waals surface area contributed by atoms with Gasteiger partial charge in [0.1, 0.15) is 49.3 Å². The van der Waals surface area contributed by atoms with Crippen LogP contribution in [0.5, 0.6) is 0 Å². The lowest BCUT2D eigenvalue weighted by Gasteiger charge is -2.66. The first-order valence-electron chi connectivity index (χ1n) is 18.4. The third-order valence-electron chi connectivity index (χ3n) is 14.6. The van der Waals surface area contributed by atoms with Gasteiger partial charge < -0.3 is 64.2 Å². The average molecular weight is 713 g/mol. The van der Waals surface area contributed by atoms with Crippen LogP contribution in [0.3, 0.4) is 0 Å². The van der Waals surface area contributed by atoms with Crippen molar-refractivity contribution >= 4 is 5.97 Å². The Morgan fingerprint density at radius 2 is 1.52 bits per heavy atom. The molecular weight excluding hydrogens is 656 g/mol. The molecule has 6 fully saturated rings. The Morgan fingerprint density at radius 3 is 2.20 bits per heavy atom. The normalized spacial score (nSPS) is 55.1. The maximum absolute atomic E-state index is 12.5. The van der Waals surface area contributed by atoms with E-state index in [1.165, 1.54) is 7.11 Å². The Morgan fingerprint density at radius 1 is 0.820 bits per heavy atom. The van der Waals surface area contributed by atoms with E-state index in [1.54, 1.807) is 13.0 Å². The highest BCUT2D eigenvalue weighted by Crippen LogP contribution is 2.70. The zero-order valence-electron chi connectivity index (χ0n) is 29.4. The van der Waals surface area contributed by atoms with Crippen LogP contribution in [0.25, 0.3) is 0 Å². The molecule has 284 valence electrons. The number of hydrogen-bond donors (Lipinski definition) is 7. The third-order valence-corrected chi connectivity index (χ3v) is 14.6. The standard InChI is InChI=1S/C36H56O14/c1-17-29(50-31-27(41)26(40)25(39)23(15-37)49-31)30(45-4)28(42)32(47-17)48-19-5-9-33(2)21-6-10-34(3)20(18-13-24(38)46-16-18)8-12-36(34,44)22(21)7-11-35(33,43)14-19/h13,17,19-23,25-32,37,39-44H,5-12,14-16H2,1-4H3/t17-,19+,20-,21+,22-,23-,25-,26+,27-,28-,29-,30-,31+,32+,33-,34-,35+,36+/m1/s1. The molecule has 4 saturated carbocycles. The van der Waals surface area contributed by atoms with Crippen molar-refractivity contribution in [3.8, 4) is 0 Å². The van der Waals surface area contributed by atoms with E-state index in [0.29, 0.717) is 45.1 Å². The van der Waals surface area contributed by atoms with Crippen LogP contribution in [0.1, 0.15) is 78.6 Å². The summed E-state index contributed by atoms with van der Waals surface area (Å²) in [6, 6.07) is 0. The molecule has 14 nitrogen and oxygen atoms in total. The highest BCUT2D eigenvalue weighted by Gasteiger charge is 2.70. The van der Waals surface area contributed by atoms with E-state index in [9.17, 15) is 40.5 Å². The van der Waals surface area contributed by atoms with Crippen LogP contribution in [-0.2, 0) is 33.2 Å². The summed E-state index contributed by atoms with van der Waals surface area (Å²) in [6.45, 7) is 5.73. The molecule has 14 heteroatoms. The molecule has 4 aliphatic carbocycles. The van der Waals surface area contributed by atoms with Crippen molar-refractivity contribution in [1.82, 2.24) is 0 Å². The smallest absolute Gasteiger partial charge is 0.331 e. The van der Waals surface area contributed by atoms with Gasteiger partial charge in [0, 0.05) is 25.0 Å². The largest absolute Gasteiger partial charge is 0.458 e. The molecule has 0 radical (unpaired) electrons. The van der Waals surface area contributed by atoms with Gasteiger partial charge in [-0.1, -0.05) is 13.8 Å². The SMILES string of the molecule is CO[C@@H]1[C@@H](O)[C@H](O[C@H]2CC[C@]3(C)[C@H]4CC[C@]5(C)[C@@H](C6=CC(=O)OC6)CC[C@]5(O)[C@@H]4CC[C@]3(O)C2)O[C@H](C)[C@H]1O[C@@H]1O[C@H](CO)[C@@H](O)[C@H](O)[C@H]1O. The number of rotatable bonds is 7. The molecule has 7 aliphatic rings. The van der Waals surface area contributed by atoms with Gasteiger partial charge in [0.15, 0.2) is 12.6 Å². The molecule has 2 saturated heterocycles. The summed E-state index contributed by atoms with van der Waals surface area (Å²) in [6.07, 6.45) is -5.32. The Bertz CT molecular complexity index is 1310. The first-order chi connectivity index (χ1) is 23.6. The van der Waals surface area contributed by atoms with Gasteiger partial charge >= 0.3 is 5.97 Å². The molecule has 0 amide bonds. The number of cyclic esters (lactones) is 1. The van der Waals surface area contributed by atoms with E-state index in [2.05, 4.69) is 13.8 Å². The molecule has 0 unspecified atom stereocenters. The fourth-order valence-corrected chi connectivity index (χ4v) is 11.6. The first kappa shape index (κ1) is 37.1. The fraction of sp³-hybridized carbons (Fsp3) is 0.917. The molecule has 7 rings (SSSR count). The summed E-state index contributed by atoms with van der Waals surface area (Å²) in [5.41, 5.74) is -1.77. The van der Waals surface area contributed by atoms with Crippen LogP contribution in [-0.4, -0.2) is 141 Å². The molecule has 3 heterocycles. The summed E-state index contributed by atoms with van der Waals surface area (Å²) < 4.78 is 34.9. The molecule has 7 N–H and O–H groups in total. The molecule has 50 heavy (non-hydrogen) atoms. The molecule has 0 aromatic heterocycles. The third kappa shape index (κ3) is 5.55. The highest BCUT2D eigenvalue weighted by molar-refractivity contribution is 5.85. The van der Waals surface area contributed by atoms with Gasteiger partial charge in [-0.05, 0) is 87.0 Å². The number of ether oxygens (including phenoxy) is 6. The average Bonchev–Trinajstić information content (AvgIpc) is 3.63. The number of aliphatic hydroxyl groups is 7. The minimum Gasteiger partial charge on any atom is -0.458 e. The topological polar surface area (TPSA) is 214 Å². The van der Waals surface area contributed by atoms with Crippen LogP contribution >= 0.6 is 0 Å². The van der Waals surface area contributed by atoms with E-state index in [1.807, 2.05) is 0 Å². The zero-order chi connectivity index (χ0) is 36.0. The maximum atomic E-state index is 12.5. The van der Waals surface area contributed by atoms with Gasteiger partial charge in [-0.2, -0.15) is 0 Å². The van der Waals surface area contributed by atoms with E-state index in [0.717, 1.165) is 24.8 Å². The van der Waals surface area contributed by atoms with Crippen molar-refractivity contribution in [1.29, 1.82) is 0 Å². The minimum absolute atomic E-state index is 0.0278. The molecule has 0 aromatic rings. The maximum Gasteiger partial charge on any atom is 0.331 e. The van der Waals surface area contributed by atoms with Gasteiger partial charge in [-0.15, -0.1) is 0 Å². The van der Waals surface area contributed by atoms with E-state index >= 15 is 0 Å². The van der Waals surface area contributed by atoms with Gasteiger partial charge in [0.05, 0.1) is 30.0 Å². The van der Waals surface area contributed by atoms with Crippen LogP contribution in [0.4, 0.5) is 0 Å². The van der Waals surface area contributed by atoms with Gasteiger partial charge in [0.25, 0.3) is 0 Å². The van der Waals surface area contributed by atoms with Crippen molar-refractivity contribution in [2.45, 2.75) is 157 Å². The summed E-state index contributed by atoms with van der Waals surface area (Å²) in [4.78, 5) is 11.9. The first-order valence-corrected chi connectivity index (χ1v) is 18.4. The van der Waals surface area contributed by atoms with Crippen molar-refractivity contribution in [3.05, 3.63) is 11.6 Å². The quantitative estimate of drug-likeness (QED) is 0.137. The summed E-state index contributed by atoms with van der Waals surface area (Å²) in [5, 5.41) is 76.8. The van der Waals surface area contributed by atoms with Gasteiger partial charge in [-0.3, -0.25) is 0 Å². The number of carbonyl (C=O) groups excluding carboxylic acids is 1. The monoisotopic (exact) mass is 712 g/mol. The Labute approximate surface area is 292 Å². The Hall–Kier alpha value is -1.27. The molecular formula is C36H56O14. The molecule has 0 bridgehead atoms. The minimum atomic E-state index is -1.63. The lowest BCUT2D eigenvalue weighted by Crippen LogP contribution is -2.68. The fourth-order valence-electron chi connectivity index (χ4n) is 11.6. The van der Waals surface area contributed by atoms with E-state index in [-0.39, 0.29) is 29.1 Å². The Balaban J connectivity index is 1.01. The number of fused-ring (bicyclic) bond motifs is 5. The number of carbonyl (C=O) groups is 1. The van der Waals surface area contributed by atoms with E-state index < -0.39 is 90.7 Å². The predicted octanol–water partition coefficient (Wildman–Crippen LogP) is 0.0493. The number of esters is 1.